The van der Waals surface area contributed by atoms with Gasteiger partial charge in [-0.1, -0.05) is 36.4 Å². The van der Waals surface area contributed by atoms with Crippen molar-refractivity contribution in [2.75, 3.05) is 14.2 Å². The van der Waals surface area contributed by atoms with Crippen LogP contribution < -0.4 is 0 Å². The fourth-order valence-electron chi connectivity index (χ4n) is 2.76. The summed E-state index contributed by atoms with van der Waals surface area (Å²) in [6.07, 6.45) is 12.3. The van der Waals surface area contributed by atoms with E-state index in [2.05, 4.69) is 10.9 Å². The Balaban J connectivity index is 2.12. The maximum Gasteiger partial charge on any atom is 0.324 e. The minimum absolute atomic E-state index is 0.0576. The van der Waals surface area contributed by atoms with Crippen LogP contribution in [0.15, 0.2) is 48.9 Å². The molecule has 0 N–H and O–H groups in total. The maximum atomic E-state index is 12.2. The minimum Gasteiger partial charge on any atom is -0.468 e. The van der Waals surface area contributed by atoms with Crippen LogP contribution in [-0.4, -0.2) is 35.7 Å². The predicted molar refractivity (Wildman–Crippen MR) is 101 cm³/mol. The van der Waals surface area contributed by atoms with E-state index in [1.54, 1.807) is 18.5 Å². The van der Waals surface area contributed by atoms with Gasteiger partial charge in [0.15, 0.2) is 5.41 Å². The molecule has 0 saturated carbocycles. The van der Waals surface area contributed by atoms with Crippen LogP contribution in [0, 0.1) is 17.8 Å². The van der Waals surface area contributed by atoms with Gasteiger partial charge in [-0.05, 0) is 18.1 Å². The van der Waals surface area contributed by atoms with E-state index in [0.717, 1.165) is 5.56 Å². The molecule has 0 aliphatic carbocycles. The van der Waals surface area contributed by atoms with Gasteiger partial charge in [-0.3, -0.25) is 9.59 Å². The number of carbonyl (C=O) groups excluding carboxylic acids is 2. The number of hydrogen-bond acceptors (Lipinski definition) is 5. The SMILES string of the molecule is C#CCC(C/C=C/c1cn(Cc2ccccc2)cn1)(C(=O)OC)C(=O)OC. The maximum absolute atomic E-state index is 12.2. The van der Waals surface area contributed by atoms with Crippen molar-refractivity contribution in [3.8, 4) is 12.3 Å². The summed E-state index contributed by atoms with van der Waals surface area (Å²) < 4.78 is 11.5. The molecule has 6 heteroatoms. The van der Waals surface area contributed by atoms with Gasteiger partial charge in [0, 0.05) is 19.2 Å². The van der Waals surface area contributed by atoms with Crippen molar-refractivity contribution in [1.29, 1.82) is 0 Å². The van der Waals surface area contributed by atoms with Gasteiger partial charge in [-0.25, -0.2) is 4.98 Å². The molecule has 0 aliphatic heterocycles. The van der Waals surface area contributed by atoms with E-state index in [-0.39, 0.29) is 12.8 Å². The van der Waals surface area contributed by atoms with Gasteiger partial charge >= 0.3 is 11.9 Å². The quantitative estimate of drug-likeness (QED) is 0.408. The molecule has 0 fully saturated rings. The van der Waals surface area contributed by atoms with Crippen LogP contribution in [0.4, 0.5) is 0 Å². The van der Waals surface area contributed by atoms with E-state index >= 15 is 0 Å². The Labute approximate surface area is 158 Å². The summed E-state index contributed by atoms with van der Waals surface area (Å²) in [5.41, 5.74) is 0.312. The first-order valence-electron chi connectivity index (χ1n) is 8.38. The molecule has 0 radical (unpaired) electrons. The Morgan fingerprint density at radius 2 is 1.89 bits per heavy atom. The third-order valence-corrected chi connectivity index (χ3v) is 4.17. The summed E-state index contributed by atoms with van der Waals surface area (Å²) in [4.78, 5) is 28.7. The second-order valence-electron chi connectivity index (χ2n) is 6.01. The van der Waals surface area contributed by atoms with Crippen molar-refractivity contribution in [3.05, 3.63) is 60.2 Å². The number of rotatable bonds is 8. The zero-order valence-electron chi connectivity index (χ0n) is 15.4. The van der Waals surface area contributed by atoms with Gasteiger partial charge in [-0.15, -0.1) is 12.3 Å². The van der Waals surface area contributed by atoms with E-state index < -0.39 is 17.4 Å². The Morgan fingerprint density at radius 1 is 1.22 bits per heavy atom. The largest absolute Gasteiger partial charge is 0.468 e. The smallest absolute Gasteiger partial charge is 0.324 e. The van der Waals surface area contributed by atoms with E-state index in [1.807, 2.05) is 41.1 Å². The highest BCUT2D eigenvalue weighted by Gasteiger charge is 2.47. The molecule has 140 valence electrons. The second kappa shape index (κ2) is 9.39. The van der Waals surface area contributed by atoms with Crippen molar-refractivity contribution in [2.45, 2.75) is 19.4 Å². The number of terminal acetylenes is 1. The molecule has 27 heavy (non-hydrogen) atoms. The van der Waals surface area contributed by atoms with Crippen molar-refractivity contribution in [3.63, 3.8) is 0 Å². The molecule has 0 atom stereocenters. The van der Waals surface area contributed by atoms with E-state index in [9.17, 15) is 9.59 Å². The first kappa shape index (κ1) is 20.0. The lowest BCUT2D eigenvalue weighted by atomic mass is 9.81. The number of allylic oxidation sites excluding steroid dienone is 1. The van der Waals surface area contributed by atoms with Crippen LogP contribution in [0.25, 0.3) is 6.08 Å². The van der Waals surface area contributed by atoms with Crippen LogP contribution in [0.1, 0.15) is 24.1 Å². The number of esters is 2. The second-order valence-corrected chi connectivity index (χ2v) is 6.01. The molecule has 0 bridgehead atoms. The van der Waals surface area contributed by atoms with Crippen LogP contribution >= 0.6 is 0 Å². The minimum atomic E-state index is -1.55. The standard InChI is InChI=1S/C21H22N2O4/c1-4-12-21(19(24)26-2,20(25)27-3)13-8-11-18-15-23(16-22-18)14-17-9-6-5-7-10-17/h1,5-11,15-16H,12-14H2,2-3H3/b11-8+. The van der Waals surface area contributed by atoms with Gasteiger partial charge in [0.2, 0.25) is 0 Å². The summed E-state index contributed by atoms with van der Waals surface area (Å²) >= 11 is 0. The van der Waals surface area contributed by atoms with Gasteiger partial charge < -0.3 is 14.0 Å². The summed E-state index contributed by atoms with van der Waals surface area (Å²) in [5.74, 6) is 0.932. The molecule has 0 amide bonds. The normalized spacial score (nSPS) is 11.1. The summed E-state index contributed by atoms with van der Waals surface area (Å²) in [5, 5.41) is 0. The Hall–Kier alpha value is -3.33. The third kappa shape index (κ3) is 4.85. The predicted octanol–water partition coefficient (Wildman–Crippen LogP) is 2.69. The molecule has 6 nitrogen and oxygen atoms in total. The van der Waals surface area contributed by atoms with Crippen LogP contribution in [0.5, 0.6) is 0 Å². The third-order valence-electron chi connectivity index (χ3n) is 4.17. The molecule has 1 heterocycles. The fraction of sp³-hybridized carbons (Fsp3) is 0.286. The zero-order chi connectivity index (χ0) is 19.7. The number of imidazole rings is 1. The fourth-order valence-corrected chi connectivity index (χ4v) is 2.76. The molecule has 0 saturated heterocycles. The number of carbonyl (C=O) groups is 2. The van der Waals surface area contributed by atoms with Crippen molar-refractivity contribution in [2.24, 2.45) is 5.41 Å². The van der Waals surface area contributed by atoms with Crippen LogP contribution in [0.2, 0.25) is 0 Å². The van der Waals surface area contributed by atoms with Crippen molar-refractivity contribution in [1.82, 2.24) is 9.55 Å². The lowest BCUT2D eigenvalue weighted by Gasteiger charge is -2.24. The summed E-state index contributed by atoms with van der Waals surface area (Å²) in [6, 6.07) is 10.0. The molecule has 1 aromatic carbocycles. The number of benzene rings is 1. The topological polar surface area (TPSA) is 70.4 Å². The van der Waals surface area contributed by atoms with Crippen molar-refractivity contribution < 1.29 is 19.1 Å². The Kier molecular flexibility index (Phi) is 6.95. The van der Waals surface area contributed by atoms with Crippen LogP contribution in [-0.2, 0) is 25.6 Å². The lowest BCUT2D eigenvalue weighted by molar-refractivity contribution is -0.168. The first-order valence-corrected chi connectivity index (χ1v) is 8.38. The average molecular weight is 366 g/mol. The van der Waals surface area contributed by atoms with E-state index in [4.69, 9.17) is 15.9 Å². The van der Waals surface area contributed by atoms with Gasteiger partial charge in [0.05, 0.1) is 26.2 Å². The highest BCUT2D eigenvalue weighted by Crippen LogP contribution is 2.31. The van der Waals surface area contributed by atoms with Crippen molar-refractivity contribution >= 4 is 18.0 Å². The highest BCUT2D eigenvalue weighted by molar-refractivity contribution is 6.00. The van der Waals surface area contributed by atoms with E-state index in [0.29, 0.717) is 12.2 Å². The number of aromatic nitrogens is 2. The molecule has 0 spiro atoms. The van der Waals surface area contributed by atoms with Crippen LogP contribution in [0.3, 0.4) is 0 Å². The first-order chi connectivity index (χ1) is 13.1. The number of ether oxygens (including phenoxy) is 2. The Bertz CT molecular complexity index is 831. The zero-order valence-corrected chi connectivity index (χ0v) is 15.4. The number of nitrogens with zero attached hydrogens (tertiary/aromatic N) is 2. The molecular formula is C21H22N2O4. The summed E-state index contributed by atoms with van der Waals surface area (Å²) in [7, 11) is 2.43. The highest BCUT2D eigenvalue weighted by atomic mass is 16.5. The molecule has 2 aromatic rings. The molecule has 2 rings (SSSR count). The molecular weight excluding hydrogens is 344 g/mol. The summed E-state index contributed by atoms with van der Waals surface area (Å²) in [6.45, 7) is 0.701. The number of hydrogen-bond donors (Lipinski definition) is 0. The van der Waals surface area contributed by atoms with Gasteiger partial charge in [-0.2, -0.15) is 0 Å². The van der Waals surface area contributed by atoms with Gasteiger partial charge in [0.25, 0.3) is 0 Å². The molecule has 0 aliphatic rings. The molecule has 1 aromatic heterocycles. The Morgan fingerprint density at radius 3 is 2.48 bits per heavy atom. The monoisotopic (exact) mass is 366 g/mol. The average Bonchev–Trinajstić information content (AvgIpc) is 3.13. The van der Waals surface area contributed by atoms with E-state index in [1.165, 1.54) is 14.2 Å². The van der Waals surface area contributed by atoms with Gasteiger partial charge in [0.1, 0.15) is 0 Å². The number of methoxy groups -OCH3 is 2. The lowest BCUT2D eigenvalue weighted by Crippen LogP contribution is -2.40. The molecule has 0 unspecified atom stereocenters.